The maximum atomic E-state index is 12.1. The second kappa shape index (κ2) is 4.71. The Morgan fingerprint density at radius 3 is 2.50 bits per heavy atom. The summed E-state index contributed by atoms with van der Waals surface area (Å²) in [5.74, 6) is -3.30. The lowest BCUT2D eigenvalue weighted by Gasteiger charge is -2.32. The van der Waals surface area contributed by atoms with E-state index in [4.69, 9.17) is 5.11 Å². The molecule has 0 spiro atoms. The topological polar surface area (TPSA) is 57.6 Å². The fraction of sp³-hybridized carbons (Fsp3) is 0.778. The largest absolute Gasteiger partial charge is 0.481 e. The number of carbonyl (C=O) groups excluding carboxylic acids is 1. The molecule has 1 aliphatic rings. The number of piperidine rings is 1. The van der Waals surface area contributed by atoms with E-state index in [-0.39, 0.29) is 25.4 Å². The molecule has 0 aromatic rings. The van der Waals surface area contributed by atoms with Gasteiger partial charge in [0.25, 0.3) is 0 Å². The number of rotatable bonds is 2. The molecule has 0 aromatic carbocycles. The zero-order valence-corrected chi connectivity index (χ0v) is 8.46. The minimum Gasteiger partial charge on any atom is -0.481 e. The summed E-state index contributed by atoms with van der Waals surface area (Å²) in [6, 6.07) is 0. The van der Waals surface area contributed by atoms with E-state index in [0.29, 0.717) is 17.7 Å². The average molecular weight is 239 g/mol. The Labute approximate surface area is 90.0 Å². The van der Waals surface area contributed by atoms with Crippen LogP contribution in [0.4, 0.5) is 13.2 Å². The molecule has 1 N–H and O–H groups in total. The van der Waals surface area contributed by atoms with Crippen LogP contribution in [0.2, 0.25) is 0 Å². The molecule has 1 saturated heterocycles. The third kappa shape index (κ3) is 3.39. The van der Waals surface area contributed by atoms with Gasteiger partial charge in [0.05, 0.1) is 0 Å². The van der Waals surface area contributed by atoms with Gasteiger partial charge in [0.2, 0.25) is 0 Å². The highest BCUT2D eigenvalue weighted by Gasteiger charge is 2.43. The molecule has 16 heavy (non-hydrogen) atoms. The van der Waals surface area contributed by atoms with Crippen molar-refractivity contribution in [3.8, 4) is 0 Å². The summed E-state index contributed by atoms with van der Waals surface area (Å²) < 4.78 is 36.3. The van der Waals surface area contributed by atoms with Crippen LogP contribution in [0.1, 0.15) is 19.3 Å². The predicted molar refractivity (Wildman–Crippen MR) is 47.6 cm³/mol. The number of carboxylic acids is 1. The van der Waals surface area contributed by atoms with Gasteiger partial charge in [-0.25, -0.2) is 0 Å². The number of hydrogen-bond acceptors (Lipinski definition) is 2. The zero-order chi connectivity index (χ0) is 12.3. The fourth-order valence-corrected chi connectivity index (χ4v) is 1.84. The Morgan fingerprint density at radius 2 is 2.00 bits per heavy atom. The molecule has 0 aliphatic carbocycles. The summed E-state index contributed by atoms with van der Waals surface area (Å²) in [6.07, 6.45) is -4.10. The Morgan fingerprint density at radius 1 is 1.38 bits per heavy atom. The third-order valence-corrected chi connectivity index (χ3v) is 2.51. The number of likely N-dealkylation sites (tertiary alicyclic amines) is 1. The van der Waals surface area contributed by atoms with Crippen molar-refractivity contribution in [3.63, 3.8) is 0 Å². The first-order valence-corrected chi connectivity index (χ1v) is 4.88. The van der Waals surface area contributed by atoms with E-state index in [1.54, 1.807) is 0 Å². The van der Waals surface area contributed by atoms with Crippen molar-refractivity contribution in [2.24, 2.45) is 5.92 Å². The molecule has 7 heteroatoms. The van der Waals surface area contributed by atoms with Gasteiger partial charge in [-0.1, -0.05) is 0 Å². The lowest BCUT2D eigenvalue weighted by Crippen LogP contribution is -2.46. The highest BCUT2D eigenvalue weighted by atomic mass is 19.4. The van der Waals surface area contributed by atoms with Crippen LogP contribution in [0.15, 0.2) is 0 Å². The van der Waals surface area contributed by atoms with Crippen LogP contribution >= 0.6 is 0 Å². The van der Waals surface area contributed by atoms with E-state index in [2.05, 4.69) is 0 Å². The quantitative estimate of drug-likeness (QED) is 0.789. The lowest BCUT2D eigenvalue weighted by molar-refractivity contribution is -0.187. The van der Waals surface area contributed by atoms with Crippen LogP contribution in [-0.4, -0.2) is 41.1 Å². The normalized spacial score (nSPS) is 21.9. The summed E-state index contributed by atoms with van der Waals surface area (Å²) in [6.45, 7) is -0.0703. The fourth-order valence-electron chi connectivity index (χ4n) is 1.84. The zero-order valence-electron chi connectivity index (χ0n) is 8.46. The number of carboxylic acid groups (broad SMARTS) is 1. The van der Waals surface area contributed by atoms with Crippen molar-refractivity contribution in [2.75, 3.05) is 13.1 Å². The number of hydrogen-bond donors (Lipinski definition) is 1. The average Bonchev–Trinajstić information content (AvgIpc) is 2.14. The molecule has 92 valence electrons. The highest BCUT2D eigenvalue weighted by molar-refractivity contribution is 5.82. The van der Waals surface area contributed by atoms with E-state index < -0.39 is 18.1 Å². The number of halogens is 3. The molecule has 0 bridgehead atoms. The van der Waals surface area contributed by atoms with Crippen molar-refractivity contribution in [1.29, 1.82) is 0 Å². The van der Waals surface area contributed by atoms with Gasteiger partial charge < -0.3 is 10.0 Å². The second-order valence-electron chi connectivity index (χ2n) is 3.86. The van der Waals surface area contributed by atoms with Gasteiger partial charge in [-0.15, -0.1) is 0 Å². The first-order valence-electron chi connectivity index (χ1n) is 4.88. The molecule has 0 saturated carbocycles. The molecule has 1 heterocycles. The summed E-state index contributed by atoms with van der Waals surface area (Å²) in [7, 11) is 0. The van der Waals surface area contributed by atoms with Gasteiger partial charge >= 0.3 is 18.1 Å². The first kappa shape index (κ1) is 12.8. The lowest BCUT2D eigenvalue weighted by atomic mass is 9.95. The smallest absolute Gasteiger partial charge is 0.471 e. The van der Waals surface area contributed by atoms with Crippen molar-refractivity contribution in [2.45, 2.75) is 25.4 Å². The summed E-state index contributed by atoms with van der Waals surface area (Å²) in [4.78, 5) is 22.0. The van der Waals surface area contributed by atoms with E-state index in [9.17, 15) is 22.8 Å². The minimum atomic E-state index is -4.87. The maximum absolute atomic E-state index is 12.1. The molecule has 4 nitrogen and oxygen atoms in total. The van der Waals surface area contributed by atoms with Gasteiger partial charge in [0.15, 0.2) is 0 Å². The van der Waals surface area contributed by atoms with E-state index in [1.807, 2.05) is 0 Å². The predicted octanol–water partition coefficient (Wildman–Crippen LogP) is 1.26. The Hall–Kier alpha value is -1.27. The van der Waals surface area contributed by atoms with Crippen LogP contribution < -0.4 is 0 Å². The van der Waals surface area contributed by atoms with Crippen molar-refractivity contribution in [1.82, 2.24) is 4.90 Å². The third-order valence-electron chi connectivity index (χ3n) is 2.51. The van der Waals surface area contributed by atoms with Crippen LogP contribution in [-0.2, 0) is 9.59 Å². The molecule has 1 unspecified atom stereocenters. The molecule has 1 amide bonds. The monoisotopic (exact) mass is 239 g/mol. The molecular formula is C9H12F3NO3. The molecule has 1 rings (SSSR count). The first-order chi connectivity index (χ1) is 7.30. The number of aliphatic carboxylic acids is 1. The Balaban J connectivity index is 2.57. The Bertz CT molecular complexity index is 290. The van der Waals surface area contributed by atoms with Gasteiger partial charge in [-0.3, -0.25) is 9.59 Å². The number of alkyl halides is 3. The maximum Gasteiger partial charge on any atom is 0.471 e. The number of nitrogens with zero attached hydrogens (tertiary/aromatic N) is 1. The van der Waals surface area contributed by atoms with Crippen LogP contribution in [0.25, 0.3) is 0 Å². The van der Waals surface area contributed by atoms with Crippen molar-refractivity contribution in [3.05, 3.63) is 0 Å². The number of amides is 1. The van der Waals surface area contributed by atoms with Crippen LogP contribution in [0.5, 0.6) is 0 Å². The molecule has 1 atom stereocenters. The minimum absolute atomic E-state index is 0.0501. The summed E-state index contributed by atoms with van der Waals surface area (Å²) in [5, 5.41) is 8.52. The Kier molecular flexibility index (Phi) is 3.77. The van der Waals surface area contributed by atoms with Gasteiger partial charge in [0, 0.05) is 19.5 Å². The SMILES string of the molecule is O=C(O)CC1CCCN(C(=O)C(F)(F)F)C1. The molecular weight excluding hydrogens is 227 g/mol. The van der Waals surface area contributed by atoms with Gasteiger partial charge in [-0.05, 0) is 18.8 Å². The van der Waals surface area contributed by atoms with Gasteiger partial charge in [-0.2, -0.15) is 13.2 Å². The highest BCUT2D eigenvalue weighted by Crippen LogP contribution is 2.25. The van der Waals surface area contributed by atoms with Crippen LogP contribution in [0.3, 0.4) is 0 Å². The molecule has 0 aromatic heterocycles. The van der Waals surface area contributed by atoms with Gasteiger partial charge in [0.1, 0.15) is 0 Å². The van der Waals surface area contributed by atoms with Crippen molar-refractivity contribution >= 4 is 11.9 Å². The summed E-state index contributed by atoms with van der Waals surface area (Å²) in [5.41, 5.74) is 0. The molecule has 1 aliphatic heterocycles. The van der Waals surface area contributed by atoms with Crippen LogP contribution in [0, 0.1) is 5.92 Å². The second-order valence-corrected chi connectivity index (χ2v) is 3.86. The standard InChI is InChI=1S/C9H12F3NO3/c10-9(11,12)8(16)13-3-1-2-6(5-13)4-7(14)15/h6H,1-5H2,(H,14,15). The summed E-state index contributed by atoms with van der Waals surface area (Å²) >= 11 is 0. The number of carbonyl (C=O) groups is 2. The van der Waals surface area contributed by atoms with E-state index >= 15 is 0 Å². The van der Waals surface area contributed by atoms with Crippen molar-refractivity contribution < 1.29 is 27.9 Å². The van der Waals surface area contributed by atoms with E-state index in [1.165, 1.54) is 0 Å². The molecule has 0 radical (unpaired) electrons. The van der Waals surface area contributed by atoms with E-state index in [0.717, 1.165) is 0 Å². The molecule has 1 fully saturated rings.